The van der Waals surface area contributed by atoms with Crippen LogP contribution in [-0.4, -0.2) is 89.9 Å². The Hall–Kier alpha value is -1.73. The number of rotatable bonds is 2. The van der Waals surface area contributed by atoms with Crippen LogP contribution in [0.2, 0.25) is 0 Å². The first-order valence-corrected chi connectivity index (χ1v) is 11.2. The van der Waals surface area contributed by atoms with Crippen LogP contribution in [0.15, 0.2) is 18.2 Å². The lowest BCUT2D eigenvalue weighted by Gasteiger charge is -2.42. The van der Waals surface area contributed by atoms with Gasteiger partial charge in [0.15, 0.2) is 0 Å². The molecule has 1 spiro atoms. The number of hydrogen-bond acceptors (Lipinski definition) is 5. The summed E-state index contributed by atoms with van der Waals surface area (Å²) in [5.41, 5.74) is 1.19. The van der Waals surface area contributed by atoms with Gasteiger partial charge in [0, 0.05) is 50.5 Å². The van der Waals surface area contributed by atoms with Crippen LogP contribution in [0.3, 0.4) is 0 Å². The van der Waals surface area contributed by atoms with E-state index in [2.05, 4.69) is 11.9 Å². The monoisotopic (exact) mass is 403 g/mol. The van der Waals surface area contributed by atoms with Gasteiger partial charge in [-0.3, -0.25) is 9.59 Å². The molecule has 0 aliphatic carbocycles. The van der Waals surface area contributed by atoms with E-state index in [0.717, 1.165) is 56.1 Å². The molecular weight excluding hydrogens is 374 g/mol. The smallest absolute Gasteiger partial charge is 0.258 e. The molecule has 28 heavy (non-hydrogen) atoms. The number of ether oxygens (including phenoxy) is 1. The number of amides is 2. The molecule has 1 aromatic rings. The predicted octanol–water partition coefficient (Wildman–Crippen LogP) is 1.87. The Kier molecular flexibility index (Phi) is 5.56. The molecule has 152 valence electrons. The molecule has 3 heterocycles. The average Bonchev–Trinajstić information content (AvgIpc) is 2.81. The van der Waals surface area contributed by atoms with Crippen molar-refractivity contribution >= 4 is 23.6 Å². The fraction of sp³-hybridized carbons (Fsp3) is 0.619. The van der Waals surface area contributed by atoms with Crippen LogP contribution < -0.4 is 4.74 Å². The third kappa shape index (κ3) is 4.01. The standard InChI is InChI=1S/C21H29N3O3S/c1-16-3-4-18-17(13-16)20(26)24(14-19(25)23-9-11-28-12-10-23)15-21(27-18)5-7-22(2)8-6-21/h3-4,13H,5-12,14-15H2,1-2H3. The number of carbonyl (C=O) groups excluding carboxylic acids is 2. The van der Waals surface area contributed by atoms with Crippen molar-refractivity contribution in [3.05, 3.63) is 29.3 Å². The molecule has 0 N–H and O–H groups in total. The zero-order valence-corrected chi connectivity index (χ0v) is 17.6. The Labute approximate surface area is 171 Å². The molecule has 6 nitrogen and oxygen atoms in total. The summed E-state index contributed by atoms with van der Waals surface area (Å²) in [5.74, 6) is 2.56. The first kappa shape index (κ1) is 19.6. The van der Waals surface area contributed by atoms with Crippen molar-refractivity contribution < 1.29 is 14.3 Å². The molecule has 0 radical (unpaired) electrons. The van der Waals surface area contributed by atoms with Crippen LogP contribution in [0, 0.1) is 6.92 Å². The summed E-state index contributed by atoms with van der Waals surface area (Å²) in [6.07, 6.45) is 1.71. The Balaban J connectivity index is 1.62. The summed E-state index contributed by atoms with van der Waals surface area (Å²) in [4.78, 5) is 32.2. The summed E-state index contributed by atoms with van der Waals surface area (Å²) >= 11 is 1.88. The molecule has 0 bridgehead atoms. The second-order valence-corrected chi connectivity index (χ2v) is 9.47. The van der Waals surface area contributed by atoms with Gasteiger partial charge in [-0.2, -0.15) is 11.8 Å². The zero-order valence-electron chi connectivity index (χ0n) is 16.8. The maximum atomic E-state index is 13.4. The number of aryl methyl sites for hydroxylation is 1. The van der Waals surface area contributed by atoms with E-state index in [1.165, 1.54) is 0 Å². The van der Waals surface area contributed by atoms with Gasteiger partial charge in [-0.25, -0.2) is 0 Å². The second kappa shape index (κ2) is 7.95. The minimum Gasteiger partial charge on any atom is -0.484 e. The van der Waals surface area contributed by atoms with E-state index in [9.17, 15) is 9.59 Å². The molecule has 3 aliphatic rings. The van der Waals surface area contributed by atoms with E-state index < -0.39 is 5.60 Å². The van der Waals surface area contributed by atoms with E-state index in [-0.39, 0.29) is 18.4 Å². The highest BCUT2D eigenvalue weighted by molar-refractivity contribution is 7.99. The zero-order chi connectivity index (χ0) is 19.7. The van der Waals surface area contributed by atoms with Gasteiger partial charge in [0.05, 0.1) is 12.1 Å². The molecular formula is C21H29N3O3S. The number of likely N-dealkylation sites (tertiary alicyclic amines) is 1. The van der Waals surface area contributed by atoms with Crippen molar-refractivity contribution in [3.8, 4) is 5.75 Å². The van der Waals surface area contributed by atoms with Gasteiger partial charge < -0.3 is 19.4 Å². The Morgan fingerprint density at radius 2 is 1.89 bits per heavy atom. The lowest BCUT2D eigenvalue weighted by Crippen LogP contribution is -2.55. The van der Waals surface area contributed by atoms with Crippen molar-refractivity contribution in [2.24, 2.45) is 0 Å². The Bertz CT molecular complexity index is 755. The summed E-state index contributed by atoms with van der Waals surface area (Å²) in [6.45, 7) is 5.99. The molecule has 0 atom stereocenters. The number of carbonyl (C=O) groups is 2. The first-order valence-electron chi connectivity index (χ1n) is 10.1. The normalized spacial score (nSPS) is 22.6. The van der Waals surface area contributed by atoms with Crippen molar-refractivity contribution in [1.82, 2.24) is 14.7 Å². The molecule has 0 saturated carbocycles. The highest BCUT2D eigenvalue weighted by Gasteiger charge is 2.43. The number of benzene rings is 1. The van der Waals surface area contributed by atoms with Crippen LogP contribution in [0.25, 0.3) is 0 Å². The fourth-order valence-corrected chi connectivity index (χ4v) is 5.15. The van der Waals surface area contributed by atoms with E-state index in [1.807, 2.05) is 41.8 Å². The minimum absolute atomic E-state index is 0.0489. The van der Waals surface area contributed by atoms with E-state index in [1.54, 1.807) is 4.90 Å². The number of fused-ring (bicyclic) bond motifs is 1. The van der Waals surface area contributed by atoms with Crippen LogP contribution in [0.1, 0.15) is 28.8 Å². The van der Waals surface area contributed by atoms with Crippen molar-refractivity contribution in [3.63, 3.8) is 0 Å². The molecule has 2 fully saturated rings. The summed E-state index contributed by atoms with van der Waals surface area (Å²) < 4.78 is 6.50. The van der Waals surface area contributed by atoms with Crippen molar-refractivity contribution in [2.45, 2.75) is 25.4 Å². The largest absolute Gasteiger partial charge is 0.484 e. The average molecular weight is 404 g/mol. The molecule has 0 unspecified atom stereocenters. The third-order valence-corrected chi connectivity index (χ3v) is 6.99. The van der Waals surface area contributed by atoms with Gasteiger partial charge in [-0.05, 0) is 26.1 Å². The number of hydrogen-bond donors (Lipinski definition) is 0. The maximum absolute atomic E-state index is 13.4. The molecule has 1 aromatic carbocycles. The van der Waals surface area contributed by atoms with Gasteiger partial charge in [0.2, 0.25) is 5.91 Å². The van der Waals surface area contributed by atoms with E-state index >= 15 is 0 Å². The van der Waals surface area contributed by atoms with E-state index in [4.69, 9.17) is 4.74 Å². The highest BCUT2D eigenvalue weighted by Crippen LogP contribution is 2.35. The van der Waals surface area contributed by atoms with E-state index in [0.29, 0.717) is 17.9 Å². The quantitative estimate of drug-likeness (QED) is 0.755. The molecule has 2 saturated heterocycles. The van der Waals surface area contributed by atoms with Crippen molar-refractivity contribution in [2.75, 3.05) is 57.8 Å². The maximum Gasteiger partial charge on any atom is 0.258 e. The lowest BCUT2D eigenvalue weighted by molar-refractivity contribution is -0.132. The van der Waals surface area contributed by atoms with Gasteiger partial charge in [0.1, 0.15) is 17.9 Å². The van der Waals surface area contributed by atoms with Crippen LogP contribution in [0.4, 0.5) is 0 Å². The first-order chi connectivity index (χ1) is 13.5. The number of nitrogens with zero attached hydrogens (tertiary/aromatic N) is 3. The third-order valence-electron chi connectivity index (χ3n) is 6.05. The van der Waals surface area contributed by atoms with Gasteiger partial charge in [-0.1, -0.05) is 11.6 Å². The minimum atomic E-state index is -0.416. The van der Waals surface area contributed by atoms with Crippen molar-refractivity contribution in [1.29, 1.82) is 0 Å². The highest BCUT2D eigenvalue weighted by atomic mass is 32.2. The number of piperidine rings is 1. The molecule has 3 aliphatic heterocycles. The van der Waals surface area contributed by atoms with Gasteiger partial charge >= 0.3 is 0 Å². The molecule has 7 heteroatoms. The lowest BCUT2D eigenvalue weighted by atomic mass is 9.90. The van der Waals surface area contributed by atoms with Crippen LogP contribution in [0.5, 0.6) is 5.75 Å². The van der Waals surface area contributed by atoms with Crippen LogP contribution in [-0.2, 0) is 4.79 Å². The summed E-state index contributed by atoms with van der Waals surface area (Å²) in [7, 11) is 2.11. The summed E-state index contributed by atoms with van der Waals surface area (Å²) in [6, 6.07) is 5.79. The Morgan fingerprint density at radius 1 is 1.18 bits per heavy atom. The summed E-state index contributed by atoms with van der Waals surface area (Å²) in [5, 5.41) is 0. The topological polar surface area (TPSA) is 53.1 Å². The van der Waals surface area contributed by atoms with Gasteiger partial charge in [0.25, 0.3) is 5.91 Å². The van der Waals surface area contributed by atoms with Crippen LogP contribution >= 0.6 is 11.8 Å². The second-order valence-electron chi connectivity index (χ2n) is 8.24. The molecule has 4 rings (SSSR count). The SMILES string of the molecule is Cc1ccc2c(c1)C(=O)N(CC(=O)N1CCSCC1)CC1(CCN(C)CC1)O2. The Morgan fingerprint density at radius 3 is 2.61 bits per heavy atom. The fourth-order valence-electron chi connectivity index (χ4n) is 4.25. The predicted molar refractivity (Wildman–Crippen MR) is 111 cm³/mol. The number of thioether (sulfide) groups is 1. The van der Waals surface area contributed by atoms with Gasteiger partial charge in [-0.15, -0.1) is 0 Å². The molecule has 2 amide bonds. The molecule has 0 aromatic heterocycles.